The maximum Gasteiger partial charge on any atom is 0.164 e. The van der Waals surface area contributed by atoms with Crippen LogP contribution in [0.4, 0.5) is 0 Å². The van der Waals surface area contributed by atoms with Crippen LogP contribution in [-0.4, -0.2) is 15.0 Å². The second kappa shape index (κ2) is 14.4. The van der Waals surface area contributed by atoms with E-state index >= 15 is 0 Å². The Morgan fingerprint density at radius 3 is 1.61 bits per heavy atom. The van der Waals surface area contributed by atoms with Crippen molar-refractivity contribution in [1.82, 2.24) is 15.0 Å². The Morgan fingerprint density at radius 1 is 0.328 bits per heavy atom. The Balaban J connectivity index is 0.933. The number of furan rings is 1. The van der Waals surface area contributed by atoms with Crippen molar-refractivity contribution in [3.63, 3.8) is 0 Å². The topological polar surface area (TPSA) is 51.8 Å². The Labute approximate surface area is 355 Å². The van der Waals surface area contributed by atoms with Gasteiger partial charge < -0.3 is 4.42 Å². The molecule has 0 amide bonds. The fourth-order valence-corrected chi connectivity index (χ4v) is 10.1. The number of rotatable bonds is 6. The molecule has 2 aromatic heterocycles. The van der Waals surface area contributed by atoms with Crippen molar-refractivity contribution in [3.8, 4) is 78.7 Å². The molecular formula is C57H41N3O. The molecule has 290 valence electrons. The van der Waals surface area contributed by atoms with Gasteiger partial charge in [-0.3, -0.25) is 0 Å². The lowest BCUT2D eigenvalue weighted by Crippen LogP contribution is -2.28. The van der Waals surface area contributed by atoms with E-state index in [1.807, 2.05) is 30.3 Å². The number of para-hydroxylation sites is 1. The highest BCUT2D eigenvalue weighted by atomic mass is 16.3. The zero-order valence-corrected chi connectivity index (χ0v) is 33.7. The molecule has 0 atom stereocenters. The van der Waals surface area contributed by atoms with Crippen LogP contribution in [0.5, 0.6) is 0 Å². The van der Waals surface area contributed by atoms with Crippen LogP contribution in [0.25, 0.3) is 101 Å². The van der Waals surface area contributed by atoms with Gasteiger partial charge in [-0.05, 0) is 105 Å². The molecule has 0 N–H and O–H groups in total. The molecule has 1 fully saturated rings. The molecule has 1 saturated carbocycles. The van der Waals surface area contributed by atoms with Gasteiger partial charge in [-0.1, -0.05) is 171 Å². The molecular weight excluding hydrogens is 743 g/mol. The van der Waals surface area contributed by atoms with E-state index in [0.29, 0.717) is 17.5 Å². The van der Waals surface area contributed by atoms with Gasteiger partial charge in [0.1, 0.15) is 11.2 Å². The Bertz CT molecular complexity index is 3280. The first kappa shape index (κ1) is 35.5. The molecule has 0 unspecified atom stereocenters. The van der Waals surface area contributed by atoms with Gasteiger partial charge in [0.25, 0.3) is 0 Å². The first-order chi connectivity index (χ1) is 30.2. The largest absolute Gasteiger partial charge is 0.456 e. The van der Waals surface area contributed by atoms with Crippen LogP contribution in [0, 0.1) is 0 Å². The van der Waals surface area contributed by atoms with Gasteiger partial charge in [-0.25, -0.2) is 15.0 Å². The Kier molecular flexibility index (Phi) is 8.38. The monoisotopic (exact) mass is 783 g/mol. The summed E-state index contributed by atoms with van der Waals surface area (Å²) in [5, 5.41) is 2.16. The van der Waals surface area contributed by atoms with Crippen molar-refractivity contribution >= 4 is 21.9 Å². The summed E-state index contributed by atoms with van der Waals surface area (Å²) in [5.41, 5.74) is 17.4. The minimum absolute atomic E-state index is 0.121. The summed E-state index contributed by atoms with van der Waals surface area (Å²) in [7, 11) is 0. The van der Waals surface area contributed by atoms with Gasteiger partial charge >= 0.3 is 0 Å². The summed E-state index contributed by atoms with van der Waals surface area (Å²) >= 11 is 0. The van der Waals surface area contributed by atoms with E-state index in [1.165, 1.54) is 71.0 Å². The van der Waals surface area contributed by atoms with Gasteiger partial charge in [-0.15, -0.1) is 0 Å². The lowest BCUT2D eigenvalue weighted by Gasteiger charge is -2.36. The third kappa shape index (κ3) is 6.09. The lowest BCUT2D eigenvalue weighted by molar-refractivity contribution is 0.353. The van der Waals surface area contributed by atoms with Gasteiger partial charge in [-0.2, -0.15) is 0 Å². The van der Waals surface area contributed by atoms with Crippen molar-refractivity contribution in [2.75, 3.05) is 0 Å². The molecule has 0 radical (unpaired) electrons. The molecule has 0 bridgehead atoms. The maximum atomic E-state index is 6.30. The number of nitrogens with zero attached hydrogens (tertiary/aromatic N) is 3. The molecule has 2 aliphatic rings. The molecule has 2 heterocycles. The van der Waals surface area contributed by atoms with E-state index in [9.17, 15) is 0 Å². The molecule has 12 rings (SSSR count). The van der Waals surface area contributed by atoms with Crippen molar-refractivity contribution in [1.29, 1.82) is 0 Å². The van der Waals surface area contributed by atoms with Crippen LogP contribution in [-0.2, 0) is 5.41 Å². The van der Waals surface area contributed by atoms with E-state index in [1.54, 1.807) is 0 Å². The fraction of sp³-hybridized carbons (Fsp3) is 0.105. The number of aromatic nitrogens is 3. The normalized spacial score (nSPS) is 14.0. The molecule has 8 aromatic carbocycles. The van der Waals surface area contributed by atoms with Crippen LogP contribution < -0.4 is 0 Å². The predicted molar refractivity (Wildman–Crippen MR) is 249 cm³/mol. The second-order valence-electron chi connectivity index (χ2n) is 16.7. The second-order valence-corrected chi connectivity index (χ2v) is 16.7. The van der Waals surface area contributed by atoms with E-state index in [-0.39, 0.29) is 5.41 Å². The van der Waals surface area contributed by atoms with Gasteiger partial charge in [0, 0.05) is 32.9 Å². The quantitative estimate of drug-likeness (QED) is 0.169. The summed E-state index contributed by atoms with van der Waals surface area (Å²) < 4.78 is 6.30. The van der Waals surface area contributed by atoms with Crippen molar-refractivity contribution in [2.24, 2.45) is 0 Å². The van der Waals surface area contributed by atoms with Crippen LogP contribution in [0.1, 0.15) is 43.2 Å². The maximum absolute atomic E-state index is 6.30. The molecule has 61 heavy (non-hydrogen) atoms. The van der Waals surface area contributed by atoms with Crippen LogP contribution >= 0.6 is 0 Å². The molecule has 4 nitrogen and oxygen atoms in total. The third-order valence-corrected chi connectivity index (χ3v) is 13.1. The number of benzene rings is 8. The average Bonchev–Trinajstić information content (AvgIpc) is 3.84. The highest BCUT2D eigenvalue weighted by molar-refractivity contribution is 6.05. The minimum Gasteiger partial charge on any atom is -0.456 e. The van der Waals surface area contributed by atoms with Gasteiger partial charge in [0.05, 0.1) is 0 Å². The van der Waals surface area contributed by atoms with E-state index < -0.39 is 0 Å². The van der Waals surface area contributed by atoms with Crippen LogP contribution in [0.3, 0.4) is 0 Å². The number of fused-ring (bicyclic) bond motifs is 8. The van der Waals surface area contributed by atoms with Crippen LogP contribution in [0.15, 0.2) is 192 Å². The average molecular weight is 784 g/mol. The molecule has 0 saturated heterocycles. The molecule has 0 aliphatic heterocycles. The third-order valence-electron chi connectivity index (χ3n) is 13.1. The highest BCUT2D eigenvalue weighted by Gasteiger charge is 2.43. The van der Waals surface area contributed by atoms with Crippen molar-refractivity contribution in [2.45, 2.75) is 37.5 Å². The molecule has 2 aliphatic carbocycles. The molecule has 1 spiro atoms. The van der Waals surface area contributed by atoms with E-state index in [2.05, 4.69) is 158 Å². The smallest absolute Gasteiger partial charge is 0.164 e. The van der Waals surface area contributed by atoms with Gasteiger partial charge in [0.15, 0.2) is 17.5 Å². The zero-order chi connectivity index (χ0) is 40.3. The SMILES string of the molecule is c1ccc(-c2ccc(-c3nc(-c4cccc(-c5cccc(-c6ccc7c(c6)C6(CCCCC6)c6ccccc6-7)c5)c4)nc(-c4ccc5c(c4)oc4ccccc45)n3)cc2)cc1. The van der Waals surface area contributed by atoms with Crippen molar-refractivity contribution < 1.29 is 4.42 Å². The number of hydrogen-bond donors (Lipinski definition) is 0. The Morgan fingerprint density at radius 2 is 0.836 bits per heavy atom. The molecule has 4 heteroatoms. The first-order valence-electron chi connectivity index (χ1n) is 21.5. The Hall–Kier alpha value is -7.43. The zero-order valence-electron chi connectivity index (χ0n) is 33.7. The summed E-state index contributed by atoms with van der Waals surface area (Å²) in [5.74, 6) is 1.83. The van der Waals surface area contributed by atoms with Gasteiger partial charge in [0.2, 0.25) is 0 Å². The van der Waals surface area contributed by atoms with E-state index in [4.69, 9.17) is 19.4 Å². The summed E-state index contributed by atoms with van der Waals surface area (Å²) in [6, 6.07) is 67.2. The number of hydrogen-bond acceptors (Lipinski definition) is 4. The van der Waals surface area contributed by atoms with E-state index in [0.717, 1.165) is 55.3 Å². The highest BCUT2D eigenvalue weighted by Crippen LogP contribution is 2.56. The lowest BCUT2D eigenvalue weighted by atomic mass is 9.67. The summed E-state index contributed by atoms with van der Waals surface area (Å²) in [6.07, 6.45) is 6.34. The fourth-order valence-electron chi connectivity index (χ4n) is 10.1. The molecule has 10 aromatic rings. The predicted octanol–water partition coefficient (Wildman–Crippen LogP) is 15.0. The summed E-state index contributed by atoms with van der Waals surface area (Å²) in [4.78, 5) is 15.4. The standard InChI is InChI=1S/C57H41N3O/c1-3-13-37(14-4-1)38-23-25-39(26-24-38)54-58-55(60-56(59-54)45-28-30-49-48-20-6-8-22-52(48)61-53(49)36-45)44-18-12-17-42(34-44)40-15-11-16-41(33-40)43-27-29-47-46-19-5-7-21-50(46)57(51(47)35-43)31-9-2-10-32-57/h1,3-8,11-30,33-36H,2,9-10,31-32H2. The van der Waals surface area contributed by atoms with Crippen LogP contribution in [0.2, 0.25) is 0 Å². The van der Waals surface area contributed by atoms with Crippen molar-refractivity contribution in [3.05, 3.63) is 199 Å². The summed E-state index contributed by atoms with van der Waals surface area (Å²) in [6.45, 7) is 0. The first-order valence-corrected chi connectivity index (χ1v) is 21.5. The minimum atomic E-state index is 0.121.